The second kappa shape index (κ2) is 8.27. The molecule has 1 aromatic heterocycles. The lowest BCUT2D eigenvalue weighted by Gasteiger charge is -2.31. The minimum Gasteiger partial charge on any atom is -0.350 e. The molecule has 0 saturated carbocycles. The zero-order valence-electron chi connectivity index (χ0n) is 13.6. The minimum atomic E-state index is 0.107. The number of hydrogen-bond acceptors (Lipinski definition) is 3. The molecule has 1 N–H and O–H groups in total. The zero-order valence-corrected chi connectivity index (χ0v) is 14.4. The SMILES string of the molecule is O=C(NCc1ccccn1)C1CCN(Cc2ccc(Cl)cc2)CC1. The fourth-order valence-electron chi connectivity index (χ4n) is 3.03. The molecular formula is C19H22ClN3O. The highest BCUT2D eigenvalue weighted by atomic mass is 35.5. The van der Waals surface area contributed by atoms with Gasteiger partial charge in [-0.3, -0.25) is 14.7 Å². The lowest BCUT2D eigenvalue weighted by atomic mass is 9.95. The Kier molecular flexibility index (Phi) is 5.83. The van der Waals surface area contributed by atoms with Crippen molar-refractivity contribution in [3.8, 4) is 0 Å². The maximum atomic E-state index is 12.3. The highest BCUT2D eigenvalue weighted by molar-refractivity contribution is 6.30. The minimum absolute atomic E-state index is 0.107. The van der Waals surface area contributed by atoms with Crippen molar-refractivity contribution in [2.24, 2.45) is 5.92 Å². The maximum Gasteiger partial charge on any atom is 0.223 e. The molecule has 0 atom stereocenters. The van der Waals surface area contributed by atoms with E-state index in [9.17, 15) is 4.79 Å². The third-order valence-electron chi connectivity index (χ3n) is 4.45. The number of nitrogens with one attached hydrogen (secondary N) is 1. The first-order chi connectivity index (χ1) is 11.7. The molecule has 24 heavy (non-hydrogen) atoms. The predicted octanol–water partition coefficient (Wildman–Crippen LogP) is 3.26. The smallest absolute Gasteiger partial charge is 0.223 e. The molecule has 1 fully saturated rings. The van der Waals surface area contributed by atoms with E-state index in [2.05, 4.69) is 27.3 Å². The molecule has 0 spiro atoms. The summed E-state index contributed by atoms with van der Waals surface area (Å²) >= 11 is 5.92. The molecule has 126 valence electrons. The Bertz CT molecular complexity index is 652. The predicted molar refractivity (Wildman–Crippen MR) is 95.5 cm³/mol. The highest BCUT2D eigenvalue weighted by Crippen LogP contribution is 2.20. The van der Waals surface area contributed by atoms with Gasteiger partial charge < -0.3 is 5.32 Å². The van der Waals surface area contributed by atoms with E-state index in [-0.39, 0.29) is 11.8 Å². The van der Waals surface area contributed by atoms with Crippen molar-refractivity contribution >= 4 is 17.5 Å². The van der Waals surface area contributed by atoms with Gasteiger partial charge in [0.25, 0.3) is 0 Å². The van der Waals surface area contributed by atoms with Crippen LogP contribution in [0.4, 0.5) is 0 Å². The van der Waals surface area contributed by atoms with Crippen LogP contribution in [0.25, 0.3) is 0 Å². The number of carbonyl (C=O) groups is 1. The third-order valence-corrected chi connectivity index (χ3v) is 4.70. The summed E-state index contributed by atoms with van der Waals surface area (Å²) in [7, 11) is 0. The summed E-state index contributed by atoms with van der Waals surface area (Å²) in [5.41, 5.74) is 2.16. The monoisotopic (exact) mass is 343 g/mol. The van der Waals surface area contributed by atoms with Gasteiger partial charge in [-0.25, -0.2) is 0 Å². The molecule has 1 saturated heterocycles. The molecule has 4 nitrogen and oxygen atoms in total. The van der Waals surface area contributed by atoms with Crippen LogP contribution in [0.3, 0.4) is 0 Å². The van der Waals surface area contributed by atoms with Crippen LogP contribution in [-0.4, -0.2) is 28.9 Å². The van der Waals surface area contributed by atoms with Gasteiger partial charge >= 0.3 is 0 Å². The van der Waals surface area contributed by atoms with E-state index in [0.29, 0.717) is 6.54 Å². The number of pyridine rings is 1. The molecule has 1 amide bonds. The van der Waals surface area contributed by atoms with E-state index in [0.717, 1.165) is 43.2 Å². The first-order valence-corrected chi connectivity index (χ1v) is 8.73. The first kappa shape index (κ1) is 16.9. The van der Waals surface area contributed by atoms with Gasteiger partial charge in [0.05, 0.1) is 12.2 Å². The van der Waals surface area contributed by atoms with Gasteiger partial charge in [0.15, 0.2) is 0 Å². The Morgan fingerprint density at radius 2 is 1.92 bits per heavy atom. The maximum absolute atomic E-state index is 12.3. The molecule has 0 radical (unpaired) electrons. The largest absolute Gasteiger partial charge is 0.350 e. The molecule has 1 aliphatic rings. The number of piperidine rings is 1. The lowest BCUT2D eigenvalue weighted by molar-refractivity contribution is -0.126. The summed E-state index contributed by atoms with van der Waals surface area (Å²) < 4.78 is 0. The van der Waals surface area contributed by atoms with Gasteiger partial charge in [-0.1, -0.05) is 29.8 Å². The Hall–Kier alpha value is -1.91. The number of likely N-dealkylation sites (tertiary alicyclic amines) is 1. The quantitative estimate of drug-likeness (QED) is 0.906. The summed E-state index contributed by atoms with van der Waals surface area (Å²) in [4.78, 5) is 18.9. The zero-order chi connectivity index (χ0) is 16.8. The summed E-state index contributed by atoms with van der Waals surface area (Å²) in [5.74, 6) is 0.252. The molecule has 2 heterocycles. The van der Waals surface area contributed by atoms with Crippen LogP contribution in [0.15, 0.2) is 48.7 Å². The second-order valence-electron chi connectivity index (χ2n) is 6.22. The second-order valence-corrected chi connectivity index (χ2v) is 6.65. The van der Waals surface area contributed by atoms with Crippen molar-refractivity contribution in [2.45, 2.75) is 25.9 Å². The van der Waals surface area contributed by atoms with Crippen molar-refractivity contribution in [1.82, 2.24) is 15.2 Å². The van der Waals surface area contributed by atoms with Gasteiger partial charge in [0.2, 0.25) is 5.91 Å². The normalized spacial score (nSPS) is 16.0. The average Bonchev–Trinajstić information content (AvgIpc) is 2.63. The van der Waals surface area contributed by atoms with Crippen LogP contribution in [0, 0.1) is 5.92 Å². The van der Waals surface area contributed by atoms with Crippen molar-refractivity contribution in [3.05, 3.63) is 64.9 Å². The highest BCUT2D eigenvalue weighted by Gasteiger charge is 2.24. The summed E-state index contributed by atoms with van der Waals surface area (Å²) in [5, 5.41) is 3.77. The van der Waals surface area contributed by atoms with E-state index < -0.39 is 0 Å². The van der Waals surface area contributed by atoms with Crippen molar-refractivity contribution < 1.29 is 4.79 Å². The number of carbonyl (C=O) groups excluding carboxylic acids is 1. The van der Waals surface area contributed by atoms with Gasteiger partial charge in [-0.2, -0.15) is 0 Å². The molecular weight excluding hydrogens is 322 g/mol. The van der Waals surface area contributed by atoms with Crippen LogP contribution < -0.4 is 5.32 Å². The molecule has 3 rings (SSSR count). The van der Waals surface area contributed by atoms with Crippen LogP contribution >= 0.6 is 11.6 Å². The van der Waals surface area contributed by atoms with Gasteiger partial charge in [-0.05, 0) is 55.8 Å². The average molecular weight is 344 g/mol. The number of hydrogen-bond donors (Lipinski definition) is 1. The summed E-state index contributed by atoms with van der Waals surface area (Å²) in [6, 6.07) is 13.7. The van der Waals surface area contributed by atoms with Crippen LogP contribution in [-0.2, 0) is 17.9 Å². The molecule has 0 bridgehead atoms. The van der Waals surface area contributed by atoms with Crippen molar-refractivity contribution in [3.63, 3.8) is 0 Å². The lowest BCUT2D eigenvalue weighted by Crippen LogP contribution is -2.40. The summed E-state index contributed by atoms with van der Waals surface area (Å²) in [6.45, 7) is 3.32. The number of amides is 1. The standard InChI is InChI=1S/C19H22ClN3O/c20-17-6-4-15(5-7-17)14-23-11-8-16(9-12-23)19(24)22-13-18-3-1-2-10-21-18/h1-7,10,16H,8-9,11-14H2,(H,22,24). The van der Waals surface area contributed by atoms with Crippen LogP contribution in [0.2, 0.25) is 5.02 Å². The number of halogens is 1. The molecule has 0 aliphatic carbocycles. The number of nitrogens with zero attached hydrogens (tertiary/aromatic N) is 2. The van der Waals surface area contributed by atoms with E-state index in [1.807, 2.05) is 30.3 Å². The molecule has 2 aromatic rings. The van der Waals surface area contributed by atoms with Gasteiger partial charge in [-0.15, -0.1) is 0 Å². The molecule has 1 aliphatic heterocycles. The van der Waals surface area contributed by atoms with E-state index >= 15 is 0 Å². The molecule has 5 heteroatoms. The fraction of sp³-hybridized carbons (Fsp3) is 0.368. The first-order valence-electron chi connectivity index (χ1n) is 8.35. The van der Waals surface area contributed by atoms with E-state index in [4.69, 9.17) is 11.6 Å². The van der Waals surface area contributed by atoms with Crippen LogP contribution in [0.1, 0.15) is 24.1 Å². The van der Waals surface area contributed by atoms with Crippen LogP contribution in [0.5, 0.6) is 0 Å². The Labute approximate surface area is 147 Å². The van der Waals surface area contributed by atoms with E-state index in [1.54, 1.807) is 6.20 Å². The van der Waals surface area contributed by atoms with Gasteiger partial charge in [0, 0.05) is 23.7 Å². The number of rotatable bonds is 5. The number of benzene rings is 1. The topological polar surface area (TPSA) is 45.2 Å². The van der Waals surface area contributed by atoms with E-state index in [1.165, 1.54) is 5.56 Å². The fourth-order valence-corrected chi connectivity index (χ4v) is 3.15. The summed E-state index contributed by atoms with van der Waals surface area (Å²) in [6.07, 6.45) is 3.56. The van der Waals surface area contributed by atoms with Gasteiger partial charge in [0.1, 0.15) is 0 Å². The van der Waals surface area contributed by atoms with Crippen molar-refractivity contribution in [1.29, 1.82) is 0 Å². The third kappa shape index (κ3) is 4.79. The Balaban J connectivity index is 1.42. The Morgan fingerprint density at radius 3 is 2.58 bits per heavy atom. The number of aromatic nitrogens is 1. The Morgan fingerprint density at radius 1 is 1.17 bits per heavy atom. The molecule has 1 aromatic carbocycles. The van der Waals surface area contributed by atoms with Crippen molar-refractivity contribution in [2.75, 3.05) is 13.1 Å². The molecule has 0 unspecified atom stereocenters.